The molecule has 0 bridgehead atoms. The number of benzene rings is 2. The van der Waals surface area contributed by atoms with Crippen LogP contribution < -0.4 is 5.43 Å². The topological polar surface area (TPSA) is 41.5 Å². The van der Waals surface area contributed by atoms with Crippen LogP contribution in [0.15, 0.2) is 59.7 Å². The van der Waals surface area contributed by atoms with E-state index in [4.69, 9.17) is 0 Å². The van der Waals surface area contributed by atoms with E-state index in [1.54, 1.807) is 0 Å². The molecule has 1 amide bonds. The molecule has 0 saturated carbocycles. The van der Waals surface area contributed by atoms with E-state index in [2.05, 4.69) is 41.7 Å². The molecule has 2 rings (SSSR count). The van der Waals surface area contributed by atoms with Crippen molar-refractivity contribution in [2.75, 3.05) is 0 Å². The van der Waals surface area contributed by atoms with E-state index < -0.39 is 0 Å². The van der Waals surface area contributed by atoms with Crippen LogP contribution in [0.25, 0.3) is 11.1 Å². The van der Waals surface area contributed by atoms with Crippen molar-refractivity contribution in [1.29, 1.82) is 0 Å². The Morgan fingerprint density at radius 1 is 1.00 bits per heavy atom. The summed E-state index contributed by atoms with van der Waals surface area (Å²) in [6.45, 7) is 3.97. The quantitative estimate of drug-likeness (QED) is 0.623. The van der Waals surface area contributed by atoms with Crippen LogP contribution in [0.5, 0.6) is 0 Å². The van der Waals surface area contributed by atoms with E-state index in [0.717, 1.165) is 24.1 Å². The molecule has 3 nitrogen and oxygen atoms in total. The fraction of sp³-hybridized carbons (Fsp3) is 0.263. The lowest BCUT2D eigenvalue weighted by atomic mass is 10.0. The lowest BCUT2D eigenvalue weighted by Gasteiger charge is -2.05. The summed E-state index contributed by atoms with van der Waals surface area (Å²) < 4.78 is 0. The van der Waals surface area contributed by atoms with Crippen molar-refractivity contribution < 1.29 is 4.79 Å². The van der Waals surface area contributed by atoms with Gasteiger partial charge in [0.1, 0.15) is 0 Å². The fourth-order valence-electron chi connectivity index (χ4n) is 2.14. The molecule has 0 aliphatic carbocycles. The summed E-state index contributed by atoms with van der Waals surface area (Å²) in [6, 6.07) is 18.4. The zero-order valence-electron chi connectivity index (χ0n) is 13.2. The number of hydrogen-bond acceptors (Lipinski definition) is 2. The Hall–Kier alpha value is -2.42. The SMILES string of the molecule is CCCCC(=O)N/N=C(\C)c1ccc(-c2ccccc2)cc1. The van der Waals surface area contributed by atoms with Gasteiger partial charge in [0.15, 0.2) is 0 Å². The average molecular weight is 294 g/mol. The molecule has 0 spiro atoms. The second-order valence-electron chi connectivity index (χ2n) is 5.28. The molecule has 0 heterocycles. The molecular weight excluding hydrogens is 272 g/mol. The lowest BCUT2D eigenvalue weighted by molar-refractivity contribution is -0.121. The highest BCUT2D eigenvalue weighted by atomic mass is 16.2. The van der Waals surface area contributed by atoms with Gasteiger partial charge in [-0.1, -0.05) is 67.9 Å². The van der Waals surface area contributed by atoms with Crippen molar-refractivity contribution in [2.45, 2.75) is 33.1 Å². The summed E-state index contributed by atoms with van der Waals surface area (Å²) in [5.41, 5.74) is 6.79. The third-order valence-corrected chi connectivity index (χ3v) is 3.52. The molecule has 1 N–H and O–H groups in total. The first kappa shape index (κ1) is 16.0. The smallest absolute Gasteiger partial charge is 0.240 e. The van der Waals surface area contributed by atoms with Gasteiger partial charge in [0.2, 0.25) is 5.91 Å². The molecule has 0 unspecified atom stereocenters. The molecule has 3 heteroatoms. The minimum Gasteiger partial charge on any atom is -0.273 e. The number of rotatable bonds is 6. The number of hydrazone groups is 1. The monoisotopic (exact) mass is 294 g/mol. The van der Waals surface area contributed by atoms with E-state index in [1.807, 2.05) is 37.3 Å². The summed E-state index contributed by atoms with van der Waals surface area (Å²) in [5, 5.41) is 4.17. The Morgan fingerprint density at radius 2 is 1.64 bits per heavy atom. The minimum absolute atomic E-state index is 0.0258. The number of hydrogen-bond donors (Lipinski definition) is 1. The Labute approximate surface area is 132 Å². The summed E-state index contributed by atoms with van der Waals surface area (Å²) in [7, 11) is 0. The molecule has 0 fully saturated rings. The summed E-state index contributed by atoms with van der Waals surface area (Å²) in [5.74, 6) is -0.0258. The van der Waals surface area contributed by atoms with Crippen LogP contribution >= 0.6 is 0 Å². The first-order valence-corrected chi connectivity index (χ1v) is 7.69. The van der Waals surface area contributed by atoms with E-state index in [0.29, 0.717) is 6.42 Å². The van der Waals surface area contributed by atoms with Crippen molar-refractivity contribution in [3.63, 3.8) is 0 Å². The fourth-order valence-corrected chi connectivity index (χ4v) is 2.14. The number of carbonyl (C=O) groups is 1. The number of nitrogens with zero attached hydrogens (tertiary/aromatic N) is 1. The summed E-state index contributed by atoms with van der Waals surface area (Å²) in [4.78, 5) is 11.6. The van der Waals surface area contributed by atoms with Crippen LogP contribution in [0.1, 0.15) is 38.7 Å². The van der Waals surface area contributed by atoms with Gasteiger partial charge in [-0.05, 0) is 30.0 Å². The highest BCUT2D eigenvalue weighted by Crippen LogP contribution is 2.19. The van der Waals surface area contributed by atoms with Crippen molar-refractivity contribution in [3.8, 4) is 11.1 Å². The number of nitrogens with one attached hydrogen (secondary N) is 1. The third kappa shape index (κ3) is 4.55. The van der Waals surface area contributed by atoms with Crippen LogP contribution in [0, 0.1) is 0 Å². The molecule has 0 atom stereocenters. The predicted octanol–water partition coefficient (Wildman–Crippen LogP) is 4.38. The van der Waals surface area contributed by atoms with Gasteiger partial charge < -0.3 is 0 Å². The summed E-state index contributed by atoms with van der Waals surface area (Å²) in [6.07, 6.45) is 2.43. The van der Waals surface area contributed by atoms with Crippen LogP contribution in [0.2, 0.25) is 0 Å². The molecule has 0 aliphatic rings. The number of carbonyl (C=O) groups excluding carboxylic acids is 1. The molecule has 0 saturated heterocycles. The zero-order valence-corrected chi connectivity index (χ0v) is 13.2. The van der Waals surface area contributed by atoms with Crippen molar-refractivity contribution >= 4 is 11.6 Å². The maximum atomic E-state index is 11.6. The van der Waals surface area contributed by atoms with Crippen molar-refractivity contribution in [2.24, 2.45) is 5.10 Å². The molecule has 114 valence electrons. The predicted molar refractivity (Wildman–Crippen MR) is 91.8 cm³/mol. The standard InChI is InChI=1S/C19H22N2O/c1-3-4-10-19(22)21-20-15(2)16-11-13-18(14-12-16)17-8-6-5-7-9-17/h5-9,11-14H,3-4,10H2,1-2H3,(H,21,22)/b20-15+. The van der Waals surface area contributed by atoms with Gasteiger partial charge in [-0.15, -0.1) is 0 Å². The van der Waals surface area contributed by atoms with Crippen molar-refractivity contribution in [3.05, 3.63) is 60.2 Å². The maximum Gasteiger partial charge on any atom is 0.240 e. The maximum absolute atomic E-state index is 11.6. The van der Waals surface area contributed by atoms with Gasteiger partial charge in [-0.25, -0.2) is 5.43 Å². The molecule has 2 aromatic carbocycles. The van der Waals surface area contributed by atoms with Gasteiger partial charge >= 0.3 is 0 Å². The van der Waals surface area contributed by atoms with Crippen LogP contribution in [0.3, 0.4) is 0 Å². The van der Waals surface area contributed by atoms with Crippen LogP contribution in [0.4, 0.5) is 0 Å². The van der Waals surface area contributed by atoms with Gasteiger partial charge in [-0.2, -0.15) is 5.10 Å². The van der Waals surface area contributed by atoms with E-state index in [-0.39, 0.29) is 5.91 Å². The Morgan fingerprint density at radius 3 is 2.27 bits per heavy atom. The zero-order chi connectivity index (χ0) is 15.8. The molecule has 0 aliphatic heterocycles. The molecule has 22 heavy (non-hydrogen) atoms. The molecular formula is C19H22N2O. The van der Waals surface area contributed by atoms with Crippen LogP contribution in [-0.4, -0.2) is 11.6 Å². The van der Waals surface area contributed by atoms with Gasteiger partial charge in [-0.3, -0.25) is 4.79 Å². The van der Waals surface area contributed by atoms with Crippen LogP contribution in [-0.2, 0) is 4.79 Å². The molecule has 0 radical (unpaired) electrons. The number of unbranched alkanes of at least 4 members (excludes halogenated alkanes) is 1. The second-order valence-corrected chi connectivity index (χ2v) is 5.28. The molecule has 0 aromatic heterocycles. The normalized spacial score (nSPS) is 11.3. The Bertz CT molecular complexity index is 630. The minimum atomic E-state index is -0.0258. The van der Waals surface area contributed by atoms with Gasteiger partial charge in [0.25, 0.3) is 0 Å². The second kappa shape index (κ2) is 8.13. The van der Waals surface area contributed by atoms with Crippen molar-refractivity contribution in [1.82, 2.24) is 5.43 Å². The lowest BCUT2D eigenvalue weighted by Crippen LogP contribution is -2.18. The van der Waals surface area contributed by atoms with Gasteiger partial charge in [0, 0.05) is 6.42 Å². The van der Waals surface area contributed by atoms with E-state index >= 15 is 0 Å². The average Bonchev–Trinajstić information content (AvgIpc) is 2.58. The highest BCUT2D eigenvalue weighted by Gasteiger charge is 2.02. The largest absolute Gasteiger partial charge is 0.273 e. The first-order chi connectivity index (χ1) is 10.7. The molecule has 2 aromatic rings. The highest BCUT2D eigenvalue weighted by molar-refractivity contribution is 5.99. The summed E-state index contributed by atoms with van der Waals surface area (Å²) >= 11 is 0. The Balaban J connectivity index is 2.02. The first-order valence-electron chi connectivity index (χ1n) is 7.69. The van der Waals surface area contributed by atoms with Gasteiger partial charge in [0.05, 0.1) is 5.71 Å². The van der Waals surface area contributed by atoms with E-state index in [1.165, 1.54) is 11.1 Å². The van der Waals surface area contributed by atoms with E-state index in [9.17, 15) is 4.79 Å². The Kier molecular flexibility index (Phi) is 5.90. The third-order valence-electron chi connectivity index (χ3n) is 3.52. The number of amides is 1.